The van der Waals surface area contributed by atoms with Crippen LogP contribution >= 0.6 is 11.6 Å². The van der Waals surface area contributed by atoms with Crippen molar-refractivity contribution in [3.63, 3.8) is 0 Å². The van der Waals surface area contributed by atoms with Crippen LogP contribution in [0.5, 0.6) is 11.5 Å². The van der Waals surface area contributed by atoms with E-state index in [-0.39, 0.29) is 13.2 Å². The third-order valence-corrected chi connectivity index (χ3v) is 7.13. The van der Waals surface area contributed by atoms with Gasteiger partial charge in [0, 0.05) is 28.2 Å². The molecule has 0 aliphatic carbocycles. The summed E-state index contributed by atoms with van der Waals surface area (Å²) in [4.78, 5) is 18.8. The fraction of sp³-hybridized carbons (Fsp3) is 0.300. The van der Waals surface area contributed by atoms with Gasteiger partial charge in [-0.2, -0.15) is 0 Å². The average Bonchev–Trinajstić information content (AvgIpc) is 3.30. The van der Waals surface area contributed by atoms with Crippen LogP contribution in [-0.2, 0) is 12.8 Å². The number of hydrogen-bond acceptors (Lipinski definition) is 5. The molecule has 1 unspecified atom stereocenters. The third-order valence-electron chi connectivity index (χ3n) is 6.90. The van der Waals surface area contributed by atoms with Crippen LogP contribution in [0.1, 0.15) is 41.8 Å². The summed E-state index contributed by atoms with van der Waals surface area (Å²) in [6.07, 6.45) is 1.56. The first-order valence-electron chi connectivity index (χ1n) is 12.9. The van der Waals surface area contributed by atoms with Crippen molar-refractivity contribution in [2.75, 3.05) is 19.8 Å². The van der Waals surface area contributed by atoms with Gasteiger partial charge in [-0.3, -0.25) is 4.90 Å². The molecule has 0 fully saturated rings. The normalized spacial score (nSPS) is 15.1. The summed E-state index contributed by atoms with van der Waals surface area (Å²) in [5.74, 6) is 1.02. The molecule has 0 bridgehead atoms. The number of aliphatic hydroxyl groups is 2. The number of rotatable bonds is 8. The monoisotopic (exact) mass is 534 g/mol. The van der Waals surface area contributed by atoms with Crippen molar-refractivity contribution in [1.82, 2.24) is 9.88 Å². The Kier molecular flexibility index (Phi) is 7.88. The molecule has 0 spiro atoms. The van der Waals surface area contributed by atoms with Crippen molar-refractivity contribution in [1.29, 1.82) is 0 Å². The summed E-state index contributed by atoms with van der Waals surface area (Å²) in [6, 6.07) is 20.3. The van der Waals surface area contributed by atoms with Crippen molar-refractivity contribution in [2.24, 2.45) is 0 Å². The highest BCUT2D eigenvalue weighted by Gasteiger charge is 2.35. The molecule has 4 aromatic rings. The number of ether oxygens (including phenoxy) is 2. The Morgan fingerprint density at radius 1 is 1.05 bits per heavy atom. The highest BCUT2D eigenvalue weighted by atomic mass is 35.5. The van der Waals surface area contributed by atoms with E-state index < -0.39 is 18.2 Å². The lowest BCUT2D eigenvalue weighted by Gasteiger charge is -2.35. The Bertz CT molecular complexity index is 1400. The summed E-state index contributed by atoms with van der Waals surface area (Å²) in [5, 5.41) is 20.4. The predicted octanol–water partition coefficient (Wildman–Crippen LogP) is 5.65. The Morgan fingerprint density at radius 3 is 2.45 bits per heavy atom. The molecule has 2 heterocycles. The molecule has 38 heavy (non-hydrogen) atoms. The fourth-order valence-electron chi connectivity index (χ4n) is 5.03. The van der Waals surface area contributed by atoms with Gasteiger partial charge in [-0.1, -0.05) is 49.2 Å². The maximum Gasteiger partial charge on any atom is 0.416 e. The Balaban J connectivity index is 1.48. The van der Waals surface area contributed by atoms with Gasteiger partial charge in [-0.25, -0.2) is 4.79 Å². The van der Waals surface area contributed by atoms with Crippen LogP contribution in [-0.4, -0.2) is 52.1 Å². The largest absolute Gasteiger partial charge is 0.486 e. The molecule has 1 aliphatic rings. The molecule has 7 nitrogen and oxygen atoms in total. The smallest absolute Gasteiger partial charge is 0.416 e. The molecule has 0 radical (unpaired) electrons. The van der Waals surface area contributed by atoms with E-state index in [1.165, 1.54) is 5.56 Å². The van der Waals surface area contributed by atoms with E-state index in [1.807, 2.05) is 54.6 Å². The molecular weight excluding hydrogens is 504 g/mol. The van der Waals surface area contributed by atoms with Crippen LogP contribution in [0.4, 0.5) is 4.79 Å². The first-order chi connectivity index (χ1) is 18.5. The van der Waals surface area contributed by atoms with Crippen LogP contribution in [0.15, 0.2) is 66.7 Å². The Morgan fingerprint density at radius 2 is 1.76 bits per heavy atom. The van der Waals surface area contributed by atoms with E-state index in [4.69, 9.17) is 21.1 Å². The number of hydrogen-bond donors (Lipinski definition) is 3. The minimum absolute atomic E-state index is 0.291. The van der Waals surface area contributed by atoms with E-state index in [0.29, 0.717) is 29.5 Å². The number of aryl methyl sites for hydroxylation is 1. The molecule has 5 rings (SSSR count). The predicted molar refractivity (Wildman–Crippen MR) is 147 cm³/mol. The number of nitrogens with zero attached hydrogens (tertiary/aromatic N) is 1. The van der Waals surface area contributed by atoms with Gasteiger partial charge in [0.05, 0.1) is 13.2 Å². The number of nitrogens with one attached hydrogen (secondary N) is 1. The standard InChI is InChI=1S/C30H31ClN2O5/c1-2-3-19-4-9-23(10-5-19)38-30(36)33-15-14-25-26-16-21(31)8-13-27(26)32-28(25)29(33)20-6-11-22(12-7-20)37-24(17-34)18-35/h4-13,16,24,29,32,34-35H,2-3,14-15,17-18H2,1H3. The number of amides is 1. The second-order valence-corrected chi connectivity index (χ2v) is 9.93. The molecular formula is C30H31ClN2O5. The van der Waals surface area contributed by atoms with Crippen LogP contribution in [0.3, 0.4) is 0 Å². The van der Waals surface area contributed by atoms with Gasteiger partial charge in [0.25, 0.3) is 0 Å². The summed E-state index contributed by atoms with van der Waals surface area (Å²) in [6.45, 7) is 2.02. The zero-order valence-corrected chi connectivity index (χ0v) is 21.9. The van der Waals surface area contributed by atoms with Crippen LogP contribution in [0.25, 0.3) is 10.9 Å². The van der Waals surface area contributed by atoms with Gasteiger partial charge < -0.3 is 24.7 Å². The fourth-order valence-corrected chi connectivity index (χ4v) is 5.20. The molecule has 0 saturated carbocycles. The molecule has 8 heteroatoms. The molecule has 1 amide bonds. The maximum atomic E-state index is 13.5. The van der Waals surface area contributed by atoms with E-state index >= 15 is 0 Å². The Labute approximate surface area is 226 Å². The maximum absolute atomic E-state index is 13.5. The first-order valence-corrected chi connectivity index (χ1v) is 13.2. The third kappa shape index (κ3) is 5.36. The molecule has 3 N–H and O–H groups in total. The van der Waals surface area contributed by atoms with Gasteiger partial charge in [-0.05, 0) is 72.0 Å². The molecule has 1 aliphatic heterocycles. The van der Waals surface area contributed by atoms with Crippen molar-refractivity contribution < 1.29 is 24.5 Å². The summed E-state index contributed by atoms with van der Waals surface area (Å²) in [5.41, 5.74) is 5.08. The lowest BCUT2D eigenvalue weighted by molar-refractivity contribution is 0.0629. The SMILES string of the molecule is CCCc1ccc(OC(=O)N2CCc3c([nH]c4ccc(Cl)cc34)C2c2ccc(OC(CO)CO)cc2)cc1. The van der Waals surface area contributed by atoms with Crippen molar-refractivity contribution >= 4 is 28.6 Å². The highest BCUT2D eigenvalue weighted by Crippen LogP contribution is 2.40. The van der Waals surface area contributed by atoms with Gasteiger partial charge in [0.1, 0.15) is 23.6 Å². The number of benzene rings is 3. The van der Waals surface area contributed by atoms with E-state index in [0.717, 1.165) is 40.6 Å². The van der Waals surface area contributed by atoms with Crippen LogP contribution in [0, 0.1) is 0 Å². The van der Waals surface area contributed by atoms with Crippen molar-refractivity contribution in [3.05, 3.63) is 94.1 Å². The lowest BCUT2D eigenvalue weighted by Crippen LogP contribution is -2.42. The zero-order chi connectivity index (χ0) is 26.6. The van der Waals surface area contributed by atoms with E-state index in [1.54, 1.807) is 17.0 Å². The van der Waals surface area contributed by atoms with Gasteiger partial charge >= 0.3 is 6.09 Å². The minimum atomic E-state index is -0.698. The molecule has 198 valence electrons. The number of aliphatic hydroxyl groups excluding tert-OH is 2. The Hall–Kier alpha value is -3.52. The summed E-state index contributed by atoms with van der Waals surface area (Å²) in [7, 11) is 0. The zero-order valence-electron chi connectivity index (χ0n) is 21.2. The van der Waals surface area contributed by atoms with Crippen LogP contribution < -0.4 is 9.47 Å². The minimum Gasteiger partial charge on any atom is -0.486 e. The van der Waals surface area contributed by atoms with E-state index in [9.17, 15) is 15.0 Å². The second-order valence-electron chi connectivity index (χ2n) is 9.49. The van der Waals surface area contributed by atoms with Crippen molar-refractivity contribution in [2.45, 2.75) is 38.3 Å². The molecule has 3 aromatic carbocycles. The molecule has 1 aromatic heterocycles. The number of aromatic nitrogens is 1. The number of carbonyl (C=O) groups is 1. The van der Waals surface area contributed by atoms with Gasteiger partial charge in [0.2, 0.25) is 0 Å². The number of carbonyl (C=O) groups excluding carboxylic acids is 1. The number of H-pyrrole nitrogens is 1. The number of fused-ring (bicyclic) bond motifs is 3. The van der Waals surface area contributed by atoms with Crippen molar-refractivity contribution in [3.8, 4) is 11.5 Å². The topological polar surface area (TPSA) is 95.0 Å². The first kappa shape index (κ1) is 26.1. The summed E-state index contributed by atoms with van der Waals surface area (Å²) >= 11 is 6.31. The van der Waals surface area contributed by atoms with Gasteiger partial charge in [-0.15, -0.1) is 0 Å². The molecule has 1 atom stereocenters. The van der Waals surface area contributed by atoms with Crippen LogP contribution in [0.2, 0.25) is 5.02 Å². The quantitative estimate of drug-likeness (QED) is 0.271. The molecule has 0 saturated heterocycles. The lowest BCUT2D eigenvalue weighted by atomic mass is 9.92. The number of halogens is 1. The highest BCUT2D eigenvalue weighted by molar-refractivity contribution is 6.31. The number of aromatic amines is 1. The van der Waals surface area contributed by atoms with Gasteiger partial charge in [0.15, 0.2) is 0 Å². The summed E-state index contributed by atoms with van der Waals surface area (Å²) < 4.78 is 11.5. The average molecular weight is 535 g/mol. The van der Waals surface area contributed by atoms with E-state index in [2.05, 4.69) is 11.9 Å². The second kappa shape index (κ2) is 11.5.